The molecule has 38 heavy (non-hydrogen) atoms. The summed E-state index contributed by atoms with van der Waals surface area (Å²) in [5, 5.41) is 18.1. The zero-order valence-electron chi connectivity index (χ0n) is 21.7. The van der Waals surface area contributed by atoms with Crippen LogP contribution in [0.5, 0.6) is 0 Å². The largest absolute Gasteiger partial charge is 0.395 e. The first-order valence-electron chi connectivity index (χ1n) is 13.7. The molecule has 2 aromatic carbocycles. The summed E-state index contributed by atoms with van der Waals surface area (Å²) >= 11 is 0. The lowest BCUT2D eigenvalue weighted by atomic mass is 9.93. The van der Waals surface area contributed by atoms with E-state index in [0.29, 0.717) is 11.1 Å². The second-order valence-corrected chi connectivity index (χ2v) is 12.8. The van der Waals surface area contributed by atoms with Gasteiger partial charge in [-0.05, 0) is 86.8 Å². The van der Waals surface area contributed by atoms with Gasteiger partial charge < -0.3 is 14.9 Å². The smallest absolute Gasteiger partial charge is 0.234 e. The molecule has 0 radical (unpaired) electrons. The van der Waals surface area contributed by atoms with Crippen molar-refractivity contribution in [1.29, 1.82) is 0 Å². The van der Waals surface area contributed by atoms with Crippen molar-refractivity contribution in [2.24, 2.45) is 5.41 Å². The first kappa shape index (κ1) is 25.2. The number of nitrogens with zero attached hydrogens (tertiary/aromatic N) is 5. The Labute approximate surface area is 224 Å². The molecule has 1 saturated carbocycles. The van der Waals surface area contributed by atoms with Crippen molar-refractivity contribution < 1.29 is 13.5 Å². The molecule has 2 aliphatic heterocycles. The lowest BCUT2D eigenvalue weighted by molar-refractivity contribution is 0.320. The van der Waals surface area contributed by atoms with E-state index in [4.69, 9.17) is 5.11 Å². The Bertz CT molecular complexity index is 1390. The third-order valence-electron chi connectivity index (χ3n) is 8.34. The first-order valence-corrected chi connectivity index (χ1v) is 15.4. The van der Waals surface area contributed by atoms with Crippen molar-refractivity contribution in [1.82, 2.24) is 15.0 Å². The molecule has 3 aliphatic rings. The van der Waals surface area contributed by atoms with E-state index in [2.05, 4.69) is 43.0 Å². The summed E-state index contributed by atoms with van der Waals surface area (Å²) in [7, 11) is -3.62. The maximum atomic E-state index is 12.3. The van der Waals surface area contributed by atoms with Crippen LogP contribution in [0, 0.1) is 5.41 Å². The number of hydrogen-bond donors (Lipinski definition) is 2. The fraction of sp³-hybridized carbons (Fsp3) is 0.500. The quantitative estimate of drug-likeness (QED) is 0.448. The molecular formula is C28H36N6O3S. The van der Waals surface area contributed by atoms with E-state index in [1.165, 1.54) is 37.8 Å². The SMILES string of the molecule is O=S(=O)(CCO)Nc1ccc(-c2cn(-c3cccc(N4CCCCC4)c3)nn2)c(N2CCC3(CC2)CC3)c1. The van der Waals surface area contributed by atoms with E-state index in [1.54, 1.807) is 6.07 Å². The van der Waals surface area contributed by atoms with Gasteiger partial charge in [0.1, 0.15) is 5.69 Å². The van der Waals surface area contributed by atoms with Gasteiger partial charge in [-0.25, -0.2) is 13.1 Å². The van der Waals surface area contributed by atoms with Crippen LogP contribution in [0.4, 0.5) is 17.1 Å². The van der Waals surface area contributed by atoms with Crippen molar-refractivity contribution in [3.8, 4) is 16.9 Å². The maximum absolute atomic E-state index is 12.3. The normalized spacial score (nSPS) is 19.1. The number of aliphatic hydroxyl groups is 1. The van der Waals surface area contributed by atoms with Crippen molar-refractivity contribution >= 4 is 27.1 Å². The topological polar surface area (TPSA) is 104 Å². The van der Waals surface area contributed by atoms with E-state index in [-0.39, 0.29) is 5.75 Å². The molecule has 3 fully saturated rings. The number of aliphatic hydroxyl groups excluding tert-OH is 1. The molecular weight excluding hydrogens is 500 g/mol. The second kappa shape index (κ2) is 10.2. The van der Waals surface area contributed by atoms with Crippen LogP contribution in [-0.4, -0.2) is 67.1 Å². The monoisotopic (exact) mass is 536 g/mol. The van der Waals surface area contributed by atoms with E-state index in [9.17, 15) is 8.42 Å². The number of rotatable bonds is 8. The first-order chi connectivity index (χ1) is 18.4. The van der Waals surface area contributed by atoms with Gasteiger partial charge in [0.25, 0.3) is 0 Å². The standard InChI is InChI=1S/C28H36N6O3S/c35-17-18-38(36,37)30-22-7-8-25(27(19-22)33-15-11-28(9-10-28)12-16-33)26-21-34(31-29-26)24-6-4-5-23(20-24)32-13-2-1-3-14-32/h4-8,19-21,30,35H,1-3,9-18H2. The van der Waals surface area contributed by atoms with Gasteiger partial charge in [0.2, 0.25) is 10.0 Å². The van der Waals surface area contributed by atoms with Crippen LogP contribution in [0.15, 0.2) is 48.7 Å². The van der Waals surface area contributed by atoms with Crippen molar-refractivity contribution in [2.75, 3.05) is 53.1 Å². The van der Waals surface area contributed by atoms with E-state index in [1.807, 2.05) is 29.1 Å². The molecule has 0 amide bonds. The van der Waals surface area contributed by atoms with Gasteiger partial charge >= 0.3 is 0 Å². The molecule has 9 nitrogen and oxygen atoms in total. The van der Waals surface area contributed by atoms with Crippen molar-refractivity contribution in [3.63, 3.8) is 0 Å². The summed E-state index contributed by atoms with van der Waals surface area (Å²) in [5.41, 5.74) is 5.83. The highest BCUT2D eigenvalue weighted by Gasteiger charge is 2.44. The van der Waals surface area contributed by atoms with Gasteiger partial charge in [-0.15, -0.1) is 5.10 Å². The number of piperidine rings is 2. The summed E-state index contributed by atoms with van der Waals surface area (Å²) in [6.45, 7) is 3.62. The molecule has 0 unspecified atom stereocenters. The highest BCUT2D eigenvalue weighted by atomic mass is 32.2. The Balaban J connectivity index is 1.30. The average Bonchev–Trinajstić information content (AvgIpc) is 3.49. The summed E-state index contributed by atoms with van der Waals surface area (Å²) < 4.78 is 29.1. The lowest BCUT2D eigenvalue weighted by Crippen LogP contribution is -2.34. The number of sulfonamides is 1. The number of hydrogen-bond acceptors (Lipinski definition) is 7. The molecule has 1 spiro atoms. The molecule has 3 aromatic rings. The molecule has 2 N–H and O–H groups in total. The van der Waals surface area contributed by atoms with Gasteiger partial charge in [0.15, 0.2) is 0 Å². The minimum Gasteiger partial charge on any atom is -0.395 e. The summed E-state index contributed by atoms with van der Waals surface area (Å²) in [6, 6.07) is 14.0. The zero-order valence-corrected chi connectivity index (χ0v) is 22.5. The number of anilines is 3. The van der Waals surface area contributed by atoms with Gasteiger partial charge in [0, 0.05) is 43.1 Å². The Morgan fingerprint density at radius 2 is 1.66 bits per heavy atom. The summed E-state index contributed by atoms with van der Waals surface area (Å²) in [4.78, 5) is 4.78. The van der Waals surface area contributed by atoms with E-state index < -0.39 is 16.6 Å². The maximum Gasteiger partial charge on any atom is 0.234 e. The fourth-order valence-electron chi connectivity index (χ4n) is 5.82. The minimum atomic E-state index is -3.62. The number of aromatic nitrogens is 3. The Morgan fingerprint density at radius 3 is 2.39 bits per heavy atom. The fourth-order valence-corrected chi connectivity index (χ4v) is 6.65. The van der Waals surface area contributed by atoms with Crippen LogP contribution in [0.3, 0.4) is 0 Å². The molecule has 10 heteroatoms. The second-order valence-electron chi connectivity index (χ2n) is 11.0. The van der Waals surface area contributed by atoms with Gasteiger partial charge in [-0.3, -0.25) is 4.72 Å². The molecule has 1 aliphatic carbocycles. The number of benzene rings is 2. The Kier molecular flexibility index (Phi) is 6.77. The molecule has 0 bridgehead atoms. The van der Waals surface area contributed by atoms with Crippen LogP contribution in [0.1, 0.15) is 44.9 Å². The van der Waals surface area contributed by atoms with Crippen LogP contribution >= 0.6 is 0 Å². The molecule has 2 saturated heterocycles. The van der Waals surface area contributed by atoms with Gasteiger partial charge in [-0.1, -0.05) is 11.3 Å². The summed E-state index contributed by atoms with van der Waals surface area (Å²) in [5.74, 6) is -0.332. The lowest BCUT2D eigenvalue weighted by Gasteiger charge is -2.35. The van der Waals surface area contributed by atoms with E-state index >= 15 is 0 Å². The molecule has 6 rings (SSSR count). The molecule has 3 heterocycles. The Hall–Kier alpha value is -3.11. The highest BCUT2D eigenvalue weighted by Crippen LogP contribution is 2.54. The Morgan fingerprint density at radius 1 is 0.895 bits per heavy atom. The average molecular weight is 537 g/mol. The third kappa shape index (κ3) is 5.37. The zero-order chi connectivity index (χ0) is 26.2. The summed E-state index contributed by atoms with van der Waals surface area (Å²) in [6.07, 6.45) is 10.7. The predicted molar refractivity (Wildman–Crippen MR) is 150 cm³/mol. The van der Waals surface area contributed by atoms with Gasteiger partial charge in [0.05, 0.1) is 29.9 Å². The highest BCUT2D eigenvalue weighted by molar-refractivity contribution is 7.92. The number of nitrogens with one attached hydrogen (secondary N) is 1. The van der Waals surface area contributed by atoms with Gasteiger partial charge in [-0.2, -0.15) is 0 Å². The van der Waals surface area contributed by atoms with Crippen LogP contribution in [-0.2, 0) is 10.0 Å². The molecule has 0 atom stereocenters. The predicted octanol–water partition coefficient (Wildman–Crippen LogP) is 4.04. The van der Waals surface area contributed by atoms with Crippen LogP contribution in [0.2, 0.25) is 0 Å². The van der Waals surface area contributed by atoms with Crippen LogP contribution in [0.25, 0.3) is 16.9 Å². The van der Waals surface area contributed by atoms with E-state index in [0.717, 1.165) is 61.7 Å². The van der Waals surface area contributed by atoms with Crippen molar-refractivity contribution in [2.45, 2.75) is 44.9 Å². The van der Waals surface area contributed by atoms with Crippen LogP contribution < -0.4 is 14.5 Å². The third-order valence-corrected chi connectivity index (χ3v) is 9.60. The van der Waals surface area contributed by atoms with Crippen molar-refractivity contribution in [3.05, 3.63) is 48.7 Å². The minimum absolute atomic E-state index is 0.332. The molecule has 202 valence electrons. The molecule has 1 aromatic heterocycles.